The van der Waals surface area contributed by atoms with Crippen LogP contribution in [-0.2, 0) is 11.2 Å². The van der Waals surface area contributed by atoms with E-state index in [1.165, 1.54) is 16.2 Å². The van der Waals surface area contributed by atoms with Gasteiger partial charge in [0.05, 0.1) is 0 Å². The lowest BCUT2D eigenvalue weighted by molar-refractivity contribution is 0.0580. The lowest BCUT2D eigenvalue weighted by atomic mass is 10.1. The van der Waals surface area contributed by atoms with E-state index in [-0.39, 0.29) is 0 Å². The molecule has 1 aromatic carbocycles. The maximum absolute atomic E-state index is 12.4. The van der Waals surface area contributed by atoms with Crippen molar-refractivity contribution in [3.8, 4) is 0 Å². The summed E-state index contributed by atoms with van der Waals surface area (Å²) in [5.41, 5.74) is 0.593. The summed E-state index contributed by atoms with van der Waals surface area (Å²) in [4.78, 5) is 13.9. The summed E-state index contributed by atoms with van der Waals surface area (Å²) in [5, 5.41) is 7.32. The molecule has 1 amide bonds. The van der Waals surface area contributed by atoms with Gasteiger partial charge in [0.2, 0.25) is 5.13 Å². The largest absolute Gasteiger partial charge is 0.443 e. The van der Waals surface area contributed by atoms with Gasteiger partial charge < -0.3 is 4.74 Å². The van der Waals surface area contributed by atoms with Gasteiger partial charge in [0, 0.05) is 6.54 Å². The fourth-order valence-corrected chi connectivity index (χ4v) is 2.70. The Morgan fingerprint density at radius 3 is 2.59 bits per heavy atom. The number of hydrogen-bond donors (Lipinski definition) is 1. The number of nitrogens with one attached hydrogen (secondary N) is 1. The predicted molar refractivity (Wildman–Crippen MR) is 91.0 cm³/mol. The van der Waals surface area contributed by atoms with E-state index in [2.05, 4.69) is 10.2 Å². The molecule has 0 aliphatic heterocycles. The van der Waals surface area contributed by atoms with Gasteiger partial charge in [0.1, 0.15) is 5.60 Å². The molecular weight excluding hydrogens is 318 g/mol. The van der Waals surface area contributed by atoms with Crippen molar-refractivity contribution in [1.82, 2.24) is 10.2 Å². The van der Waals surface area contributed by atoms with Crippen molar-refractivity contribution in [2.75, 3.05) is 11.4 Å². The summed E-state index contributed by atoms with van der Waals surface area (Å²) in [6, 6.07) is 9.98. The highest BCUT2D eigenvalue weighted by atomic mass is 32.1. The zero-order chi connectivity index (χ0) is 16.2. The Bertz CT molecular complexity index is 674. The summed E-state index contributed by atoms with van der Waals surface area (Å²) in [5.74, 6) is 0. The first kappa shape index (κ1) is 16.6. The number of amides is 1. The van der Waals surface area contributed by atoms with Gasteiger partial charge in [-0.3, -0.25) is 10.00 Å². The number of carbonyl (C=O) groups is 1. The van der Waals surface area contributed by atoms with Gasteiger partial charge in [-0.2, -0.15) is 0 Å². The molecule has 0 radical (unpaired) electrons. The molecule has 118 valence electrons. The van der Waals surface area contributed by atoms with Crippen molar-refractivity contribution in [3.05, 3.63) is 39.8 Å². The van der Waals surface area contributed by atoms with E-state index < -0.39 is 11.7 Å². The molecule has 0 atom stereocenters. The maximum atomic E-state index is 12.4. The molecule has 0 saturated heterocycles. The fraction of sp³-hybridized carbons (Fsp3) is 0.400. The monoisotopic (exact) mass is 337 g/mol. The Morgan fingerprint density at radius 1 is 1.36 bits per heavy atom. The average molecular weight is 337 g/mol. The van der Waals surface area contributed by atoms with E-state index in [0.29, 0.717) is 22.1 Å². The minimum Gasteiger partial charge on any atom is -0.443 e. The molecular formula is C15H19N3O2S2. The summed E-state index contributed by atoms with van der Waals surface area (Å²) < 4.78 is 5.99. The Morgan fingerprint density at radius 2 is 2.05 bits per heavy atom. The summed E-state index contributed by atoms with van der Waals surface area (Å²) in [6.45, 7) is 6.00. The van der Waals surface area contributed by atoms with Crippen LogP contribution < -0.4 is 4.90 Å². The van der Waals surface area contributed by atoms with Crippen LogP contribution in [0.2, 0.25) is 0 Å². The van der Waals surface area contributed by atoms with Gasteiger partial charge in [-0.15, -0.1) is 5.10 Å². The molecule has 1 N–H and O–H groups in total. The number of anilines is 1. The summed E-state index contributed by atoms with van der Waals surface area (Å²) in [7, 11) is 0. The number of rotatable bonds is 4. The van der Waals surface area contributed by atoms with Crippen molar-refractivity contribution < 1.29 is 9.53 Å². The number of aromatic amines is 1. The van der Waals surface area contributed by atoms with Crippen LogP contribution >= 0.6 is 23.6 Å². The average Bonchev–Trinajstić information content (AvgIpc) is 2.84. The molecule has 0 fully saturated rings. The molecule has 22 heavy (non-hydrogen) atoms. The van der Waals surface area contributed by atoms with Crippen molar-refractivity contribution >= 4 is 34.8 Å². The highest BCUT2D eigenvalue weighted by Gasteiger charge is 2.25. The van der Waals surface area contributed by atoms with Gasteiger partial charge in [0.15, 0.2) is 3.95 Å². The minimum atomic E-state index is -0.556. The molecule has 1 heterocycles. The zero-order valence-electron chi connectivity index (χ0n) is 12.8. The molecule has 7 heteroatoms. The summed E-state index contributed by atoms with van der Waals surface area (Å²) in [6.07, 6.45) is 0.299. The minimum absolute atomic E-state index is 0.416. The third-order valence-corrected chi connectivity index (χ3v) is 3.85. The molecule has 0 bridgehead atoms. The van der Waals surface area contributed by atoms with Gasteiger partial charge in [-0.05, 0) is 45.0 Å². The fourth-order valence-electron chi connectivity index (χ4n) is 1.81. The Balaban J connectivity index is 2.15. The second kappa shape index (κ2) is 7.02. The van der Waals surface area contributed by atoms with E-state index in [4.69, 9.17) is 17.0 Å². The van der Waals surface area contributed by atoms with E-state index >= 15 is 0 Å². The quantitative estimate of drug-likeness (QED) is 0.850. The van der Waals surface area contributed by atoms with Crippen molar-refractivity contribution in [1.29, 1.82) is 0 Å². The topological polar surface area (TPSA) is 58.2 Å². The van der Waals surface area contributed by atoms with Crippen LogP contribution in [0.5, 0.6) is 0 Å². The van der Waals surface area contributed by atoms with Gasteiger partial charge in [0.25, 0.3) is 0 Å². The van der Waals surface area contributed by atoms with Crippen LogP contribution in [0.25, 0.3) is 0 Å². The van der Waals surface area contributed by atoms with Crippen molar-refractivity contribution in [3.63, 3.8) is 0 Å². The Hall–Kier alpha value is -1.73. The van der Waals surface area contributed by atoms with Crippen LogP contribution in [0.4, 0.5) is 9.93 Å². The highest BCUT2D eigenvalue weighted by Crippen LogP contribution is 2.21. The van der Waals surface area contributed by atoms with E-state index in [1.807, 2.05) is 51.1 Å². The van der Waals surface area contributed by atoms with Gasteiger partial charge in [-0.25, -0.2) is 4.79 Å². The first-order valence-corrected chi connectivity index (χ1v) is 8.17. The lowest BCUT2D eigenvalue weighted by Gasteiger charge is -2.25. The lowest BCUT2D eigenvalue weighted by Crippen LogP contribution is -2.38. The van der Waals surface area contributed by atoms with Gasteiger partial charge in [-0.1, -0.05) is 41.7 Å². The Kier molecular flexibility index (Phi) is 5.31. The number of benzene rings is 1. The second-order valence-corrected chi connectivity index (χ2v) is 7.41. The summed E-state index contributed by atoms with van der Waals surface area (Å²) >= 11 is 6.31. The zero-order valence-corrected chi connectivity index (χ0v) is 14.5. The van der Waals surface area contributed by atoms with Crippen LogP contribution in [0.15, 0.2) is 30.3 Å². The van der Waals surface area contributed by atoms with Crippen LogP contribution in [-0.4, -0.2) is 28.4 Å². The molecule has 1 aromatic heterocycles. The first-order chi connectivity index (χ1) is 10.3. The SMILES string of the molecule is CC(C)(C)OC(=O)N(CCc1ccccc1)c1n[nH]c(=S)s1. The number of ether oxygens (including phenoxy) is 1. The Labute approximate surface area is 138 Å². The second-order valence-electron chi connectivity index (χ2n) is 5.76. The number of hydrogen-bond acceptors (Lipinski definition) is 5. The highest BCUT2D eigenvalue weighted by molar-refractivity contribution is 7.73. The molecule has 0 saturated carbocycles. The van der Waals surface area contributed by atoms with Crippen LogP contribution in [0.3, 0.4) is 0 Å². The smallest absolute Gasteiger partial charge is 0.416 e. The van der Waals surface area contributed by atoms with E-state index in [0.717, 1.165) is 5.56 Å². The van der Waals surface area contributed by atoms with E-state index in [9.17, 15) is 4.79 Å². The molecule has 5 nitrogen and oxygen atoms in total. The maximum Gasteiger partial charge on any atom is 0.416 e. The van der Waals surface area contributed by atoms with Crippen molar-refractivity contribution in [2.24, 2.45) is 0 Å². The third kappa shape index (κ3) is 4.92. The molecule has 2 rings (SSSR count). The number of carbonyl (C=O) groups excluding carboxylic acids is 1. The molecule has 0 unspecified atom stereocenters. The van der Waals surface area contributed by atoms with Crippen LogP contribution in [0, 0.1) is 3.95 Å². The number of aromatic nitrogens is 2. The number of H-pyrrole nitrogens is 1. The standard InChI is InChI=1S/C15H19N3O2S2/c1-15(2,3)20-14(19)18(12-16-17-13(21)22-12)10-9-11-7-5-4-6-8-11/h4-8H,9-10H2,1-3H3,(H,17,21). The van der Waals surface area contributed by atoms with Crippen molar-refractivity contribution in [2.45, 2.75) is 32.8 Å². The molecule has 2 aromatic rings. The van der Waals surface area contributed by atoms with E-state index in [1.54, 1.807) is 0 Å². The normalized spacial score (nSPS) is 11.2. The molecule has 0 aliphatic carbocycles. The molecule has 0 aliphatic rings. The third-order valence-electron chi connectivity index (χ3n) is 2.74. The first-order valence-electron chi connectivity index (χ1n) is 6.95. The predicted octanol–water partition coefficient (Wildman–Crippen LogP) is 4.18. The van der Waals surface area contributed by atoms with Gasteiger partial charge >= 0.3 is 6.09 Å². The van der Waals surface area contributed by atoms with Crippen LogP contribution in [0.1, 0.15) is 26.3 Å². The molecule has 0 spiro atoms. The number of nitrogens with zero attached hydrogens (tertiary/aromatic N) is 2.